The van der Waals surface area contributed by atoms with Crippen LogP contribution in [0.4, 0.5) is 0 Å². The molecule has 23 heavy (non-hydrogen) atoms. The third-order valence-electron chi connectivity index (χ3n) is 4.20. The smallest absolute Gasteiger partial charge is 0.347 e. The number of carboxylic acids is 1. The molecule has 0 spiro atoms. The van der Waals surface area contributed by atoms with Crippen LogP contribution in [0.1, 0.15) is 69.7 Å². The van der Waals surface area contributed by atoms with E-state index < -0.39 is 11.6 Å². The van der Waals surface area contributed by atoms with E-state index in [2.05, 4.69) is 0 Å². The maximum atomic E-state index is 11.4. The van der Waals surface area contributed by atoms with Crippen molar-refractivity contribution in [3.8, 4) is 11.5 Å². The Hall–Kier alpha value is -1.71. The third kappa shape index (κ3) is 4.18. The van der Waals surface area contributed by atoms with Gasteiger partial charge in [-0.1, -0.05) is 27.7 Å². The molecule has 1 atom stereocenters. The molecule has 0 saturated heterocycles. The first-order valence-electron chi connectivity index (χ1n) is 8.52. The Morgan fingerprint density at radius 2 is 1.57 bits per heavy atom. The Morgan fingerprint density at radius 1 is 1.04 bits per heavy atom. The molecule has 0 aliphatic carbocycles. The highest BCUT2D eigenvalue weighted by atomic mass is 16.5. The van der Waals surface area contributed by atoms with Crippen molar-refractivity contribution in [2.45, 2.75) is 80.3 Å². The number of hydrogen-bond donors (Lipinski definition) is 2. The van der Waals surface area contributed by atoms with Crippen LogP contribution in [0, 0.1) is 20.8 Å². The van der Waals surface area contributed by atoms with Gasteiger partial charge in [-0.05, 0) is 63.6 Å². The lowest BCUT2D eigenvalue weighted by atomic mass is 9.94. The summed E-state index contributed by atoms with van der Waals surface area (Å²) in [4.78, 5) is 11.4. The Kier molecular flexibility index (Phi) is 8.15. The zero-order chi connectivity index (χ0) is 18.4. The second kappa shape index (κ2) is 8.80. The SMILES string of the molecule is CC.CC.Cc1c(C)c2c(c(C)c1O)CCCC(C)(C(=O)O)O2. The molecule has 1 heterocycles. The van der Waals surface area contributed by atoms with Crippen LogP contribution >= 0.6 is 0 Å². The van der Waals surface area contributed by atoms with Crippen LogP contribution in [0.2, 0.25) is 0 Å². The van der Waals surface area contributed by atoms with Crippen molar-refractivity contribution in [1.82, 2.24) is 0 Å². The van der Waals surface area contributed by atoms with Crippen LogP contribution in [0.25, 0.3) is 0 Å². The van der Waals surface area contributed by atoms with E-state index in [1.165, 1.54) is 0 Å². The molecule has 4 nitrogen and oxygen atoms in total. The van der Waals surface area contributed by atoms with Gasteiger partial charge in [-0.2, -0.15) is 0 Å². The predicted octanol–water partition coefficient (Wildman–Crippen LogP) is 4.93. The fourth-order valence-electron chi connectivity index (χ4n) is 2.64. The van der Waals surface area contributed by atoms with Gasteiger partial charge in [0.15, 0.2) is 0 Å². The van der Waals surface area contributed by atoms with E-state index in [0.29, 0.717) is 17.9 Å². The van der Waals surface area contributed by atoms with Crippen molar-refractivity contribution in [1.29, 1.82) is 0 Å². The van der Waals surface area contributed by atoms with Crippen molar-refractivity contribution in [2.75, 3.05) is 0 Å². The third-order valence-corrected chi connectivity index (χ3v) is 4.20. The number of ether oxygens (including phenoxy) is 1. The van der Waals surface area contributed by atoms with E-state index in [4.69, 9.17) is 4.74 Å². The number of hydrogen-bond acceptors (Lipinski definition) is 3. The molecular weight excluding hydrogens is 292 g/mol. The monoisotopic (exact) mass is 324 g/mol. The van der Waals surface area contributed by atoms with Crippen LogP contribution in [0.5, 0.6) is 11.5 Å². The number of aliphatic carboxylic acids is 1. The summed E-state index contributed by atoms with van der Waals surface area (Å²) in [6, 6.07) is 0. The van der Waals surface area contributed by atoms with Gasteiger partial charge in [0.25, 0.3) is 0 Å². The Bertz CT molecular complexity index is 549. The number of phenols is 1. The molecule has 0 saturated carbocycles. The molecule has 0 aromatic heterocycles. The second-order valence-electron chi connectivity index (χ2n) is 5.52. The van der Waals surface area contributed by atoms with E-state index in [-0.39, 0.29) is 0 Å². The highest BCUT2D eigenvalue weighted by Crippen LogP contribution is 2.42. The maximum absolute atomic E-state index is 11.4. The van der Waals surface area contributed by atoms with Crippen molar-refractivity contribution >= 4 is 5.97 Å². The zero-order valence-electron chi connectivity index (χ0n) is 15.8. The van der Waals surface area contributed by atoms with Gasteiger partial charge in [0.1, 0.15) is 11.5 Å². The maximum Gasteiger partial charge on any atom is 0.347 e. The lowest BCUT2D eigenvalue weighted by Gasteiger charge is -2.26. The standard InChI is InChI=1S/C15H20O4.2C2H6/c1-8-9(2)13-11(10(3)12(8)16)6-5-7-15(4,19-13)14(17)18;2*1-2/h16H,5-7H2,1-4H3,(H,17,18);2*1-2H3. The predicted molar refractivity (Wildman–Crippen MR) is 94.6 cm³/mol. The highest BCUT2D eigenvalue weighted by Gasteiger charge is 2.38. The van der Waals surface area contributed by atoms with E-state index in [9.17, 15) is 15.0 Å². The van der Waals surface area contributed by atoms with Gasteiger partial charge in [0, 0.05) is 5.56 Å². The number of fused-ring (bicyclic) bond motifs is 1. The summed E-state index contributed by atoms with van der Waals surface area (Å²) in [6.07, 6.45) is 1.94. The molecule has 2 N–H and O–H groups in total. The second-order valence-corrected chi connectivity index (χ2v) is 5.52. The first kappa shape index (κ1) is 21.3. The molecule has 1 aromatic rings. The normalized spacial score (nSPS) is 19.0. The Labute approximate surface area is 140 Å². The van der Waals surface area contributed by atoms with Gasteiger partial charge in [0.05, 0.1) is 0 Å². The van der Waals surface area contributed by atoms with E-state index in [0.717, 1.165) is 35.1 Å². The first-order valence-corrected chi connectivity index (χ1v) is 8.52. The number of carbonyl (C=O) groups is 1. The highest BCUT2D eigenvalue weighted by molar-refractivity contribution is 5.78. The van der Waals surface area contributed by atoms with Crippen LogP contribution in [0.3, 0.4) is 0 Å². The minimum atomic E-state index is -1.19. The number of benzene rings is 1. The van der Waals surface area contributed by atoms with Crippen LogP contribution in [-0.4, -0.2) is 21.8 Å². The molecule has 0 fully saturated rings. The molecule has 1 aliphatic rings. The summed E-state index contributed by atoms with van der Waals surface area (Å²) in [5.41, 5.74) is 2.13. The molecule has 0 radical (unpaired) electrons. The van der Waals surface area contributed by atoms with E-state index in [1.54, 1.807) is 6.92 Å². The molecule has 132 valence electrons. The van der Waals surface area contributed by atoms with Crippen molar-refractivity contribution in [2.24, 2.45) is 0 Å². The summed E-state index contributed by atoms with van der Waals surface area (Å²) in [5, 5.41) is 19.5. The average molecular weight is 324 g/mol. The number of carboxylic acid groups (broad SMARTS) is 1. The topological polar surface area (TPSA) is 66.8 Å². The van der Waals surface area contributed by atoms with Gasteiger partial charge in [-0.15, -0.1) is 0 Å². The molecule has 0 amide bonds. The lowest BCUT2D eigenvalue weighted by Crippen LogP contribution is -2.41. The summed E-state index contributed by atoms with van der Waals surface area (Å²) in [5.74, 6) is -0.0166. The van der Waals surface area contributed by atoms with Crippen LogP contribution < -0.4 is 4.74 Å². The van der Waals surface area contributed by atoms with E-state index in [1.807, 2.05) is 48.5 Å². The molecular formula is C19H32O4. The minimum absolute atomic E-state index is 0.291. The molecule has 0 bridgehead atoms. The van der Waals surface area contributed by atoms with Crippen molar-refractivity contribution in [3.05, 3.63) is 22.3 Å². The number of aromatic hydroxyl groups is 1. The van der Waals surface area contributed by atoms with Gasteiger partial charge < -0.3 is 14.9 Å². The summed E-state index contributed by atoms with van der Waals surface area (Å²) in [7, 11) is 0. The van der Waals surface area contributed by atoms with Gasteiger partial charge in [-0.3, -0.25) is 0 Å². The summed E-state index contributed by atoms with van der Waals surface area (Å²) < 4.78 is 5.84. The zero-order valence-corrected chi connectivity index (χ0v) is 15.8. The first-order chi connectivity index (χ1) is 10.8. The van der Waals surface area contributed by atoms with Crippen molar-refractivity contribution < 1.29 is 19.7 Å². The van der Waals surface area contributed by atoms with Crippen molar-refractivity contribution in [3.63, 3.8) is 0 Å². The Balaban J connectivity index is 0.00000112. The quantitative estimate of drug-likeness (QED) is 0.769. The fraction of sp³-hybridized carbons (Fsp3) is 0.632. The summed E-state index contributed by atoms with van der Waals surface area (Å²) >= 11 is 0. The molecule has 1 aliphatic heterocycles. The molecule has 1 aromatic carbocycles. The number of phenolic OH excluding ortho intramolecular Hbond substituents is 1. The molecule has 2 rings (SSSR count). The molecule has 1 unspecified atom stereocenters. The van der Waals surface area contributed by atoms with Gasteiger partial charge in [-0.25, -0.2) is 4.79 Å². The average Bonchev–Trinajstić information content (AvgIpc) is 2.75. The van der Waals surface area contributed by atoms with Crippen LogP contribution in [0.15, 0.2) is 0 Å². The van der Waals surface area contributed by atoms with Crippen LogP contribution in [-0.2, 0) is 11.2 Å². The molecule has 4 heteroatoms. The van der Waals surface area contributed by atoms with Gasteiger partial charge >= 0.3 is 5.97 Å². The van der Waals surface area contributed by atoms with Gasteiger partial charge in [0.2, 0.25) is 5.60 Å². The lowest BCUT2D eigenvalue weighted by molar-refractivity contribution is -0.154. The minimum Gasteiger partial charge on any atom is -0.507 e. The largest absolute Gasteiger partial charge is 0.507 e. The summed E-state index contributed by atoms with van der Waals surface area (Å²) in [6.45, 7) is 15.2. The van der Waals surface area contributed by atoms with E-state index >= 15 is 0 Å². The number of rotatable bonds is 1. The fourth-order valence-corrected chi connectivity index (χ4v) is 2.64. The Morgan fingerprint density at radius 3 is 2.04 bits per heavy atom.